The third-order valence-corrected chi connectivity index (χ3v) is 4.70. The SMILES string of the molecule is O[C@H](CNCc1ccc(OCc2ccccc2)c(Br)c1)c1ccccc1. The van der Waals surface area contributed by atoms with Gasteiger partial charge in [0.05, 0.1) is 10.6 Å². The van der Waals surface area contributed by atoms with Gasteiger partial charge >= 0.3 is 0 Å². The molecule has 0 aromatic heterocycles. The van der Waals surface area contributed by atoms with Crippen LogP contribution in [-0.2, 0) is 13.2 Å². The summed E-state index contributed by atoms with van der Waals surface area (Å²) in [7, 11) is 0. The summed E-state index contributed by atoms with van der Waals surface area (Å²) in [6, 6.07) is 25.8. The number of benzene rings is 3. The minimum atomic E-state index is -0.506. The van der Waals surface area contributed by atoms with E-state index < -0.39 is 6.10 Å². The van der Waals surface area contributed by atoms with Gasteiger partial charge in [-0.15, -0.1) is 0 Å². The lowest BCUT2D eigenvalue weighted by atomic mass is 10.1. The summed E-state index contributed by atoms with van der Waals surface area (Å²) in [5.74, 6) is 0.821. The van der Waals surface area contributed by atoms with E-state index in [2.05, 4.69) is 21.2 Å². The molecule has 0 unspecified atom stereocenters. The molecule has 3 nitrogen and oxygen atoms in total. The predicted octanol–water partition coefficient (Wildman–Crippen LogP) is 4.85. The van der Waals surface area contributed by atoms with Crippen molar-refractivity contribution < 1.29 is 9.84 Å². The molecule has 4 heteroatoms. The number of aliphatic hydroxyl groups excluding tert-OH is 1. The fraction of sp³-hybridized carbons (Fsp3) is 0.182. The highest BCUT2D eigenvalue weighted by atomic mass is 79.9. The van der Waals surface area contributed by atoms with Crippen LogP contribution in [0, 0.1) is 0 Å². The van der Waals surface area contributed by atoms with Crippen molar-refractivity contribution in [3.63, 3.8) is 0 Å². The summed E-state index contributed by atoms with van der Waals surface area (Å²) < 4.78 is 6.80. The summed E-state index contributed by atoms with van der Waals surface area (Å²) in [5, 5.41) is 13.5. The maximum Gasteiger partial charge on any atom is 0.134 e. The molecule has 0 spiro atoms. The van der Waals surface area contributed by atoms with Crippen molar-refractivity contribution in [2.75, 3.05) is 6.54 Å². The highest BCUT2D eigenvalue weighted by Crippen LogP contribution is 2.27. The maximum absolute atomic E-state index is 10.2. The minimum Gasteiger partial charge on any atom is -0.488 e. The van der Waals surface area contributed by atoms with Gasteiger partial charge in [-0.2, -0.15) is 0 Å². The molecular formula is C22H22BrNO2. The maximum atomic E-state index is 10.2. The Morgan fingerprint density at radius 2 is 1.58 bits per heavy atom. The largest absolute Gasteiger partial charge is 0.488 e. The van der Waals surface area contributed by atoms with Gasteiger partial charge in [0.25, 0.3) is 0 Å². The number of ether oxygens (including phenoxy) is 1. The zero-order valence-electron chi connectivity index (χ0n) is 14.4. The standard InChI is InChI=1S/C22H22BrNO2/c23-20-13-18(14-24-15-21(25)19-9-5-2-6-10-19)11-12-22(20)26-16-17-7-3-1-4-8-17/h1-13,21,24-25H,14-16H2/t21-/m1/s1. The Labute approximate surface area is 162 Å². The van der Waals surface area contributed by atoms with E-state index in [0.29, 0.717) is 19.7 Å². The van der Waals surface area contributed by atoms with Crippen LogP contribution in [0.25, 0.3) is 0 Å². The van der Waals surface area contributed by atoms with Crippen LogP contribution < -0.4 is 10.1 Å². The van der Waals surface area contributed by atoms with E-state index in [1.54, 1.807) is 0 Å². The lowest BCUT2D eigenvalue weighted by molar-refractivity contribution is 0.174. The van der Waals surface area contributed by atoms with Gasteiger partial charge in [-0.1, -0.05) is 66.7 Å². The van der Waals surface area contributed by atoms with Crippen molar-refractivity contribution in [2.24, 2.45) is 0 Å². The van der Waals surface area contributed by atoms with E-state index in [-0.39, 0.29) is 0 Å². The molecular weight excluding hydrogens is 390 g/mol. The third-order valence-electron chi connectivity index (χ3n) is 4.08. The molecule has 0 radical (unpaired) electrons. The lowest BCUT2D eigenvalue weighted by Gasteiger charge is -2.13. The van der Waals surface area contributed by atoms with Crippen LogP contribution in [0.5, 0.6) is 5.75 Å². The minimum absolute atomic E-state index is 0.506. The topological polar surface area (TPSA) is 41.5 Å². The monoisotopic (exact) mass is 411 g/mol. The normalized spacial score (nSPS) is 11.9. The van der Waals surface area contributed by atoms with Gasteiger partial charge in [0, 0.05) is 13.1 Å². The molecule has 0 aliphatic rings. The Morgan fingerprint density at radius 1 is 0.885 bits per heavy atom. The second kappa shape index (κ2) is 9.53. The van der Waals surface area contributed by atoms with Gasteiger partial charge in [-0.25, -0.2) is 0 Å². The summed E-state index contributed by atoms with van der Waals surface area (Å²) >= 11 is 3.58. The molecule has 3 aromatic carbocycles. The van der Waals surface area contributed by atoms with Crippen molar-refractivity contribution in [3.05, 3.63) is 100 Å². The highest BCUT2D eigenvalue weighted by Gasteiger charge is 2.07. The van der Waals surface area contributed by atoms with E-state index in [9.17, 15) is 5.11 Å². The van der Waals surface area contributed by atoms with Gasteiger partial charge in [-0.05, 0) is 44.8 Å². The van der Waals surface area contributed by atoms with Gasteiger partial charge in [-0.3, -0.25) is 0 Å². The molecule has 3 rings (SSSR count). The van der Waals surface area contributed by atoms with E-state index in [0.717, 1.165) is 26.9 Å². The van der Waals surface area contributed by atoms with Crippen LogP contribution in [0.15, 0.2) is 83.3 Å². The van der Waals surface area contributed by atoms with Gasteiger partial charge < -0.3 is 15.2 Å². The highest BCUT2D eigenvalue weighted by molar-refractivity contribution is 9.10. The number of rotatable bonds is 8. The molecule has 0 saturated heterocycles. The summed E-state index contributed by atoms with van der Waals surface area (Å²) in [5.41, 5.74) is 3.19. The van der Waals surface area contributed by atoms with E-state index in [4.69, 9.17) is 4.74 Å². The molecule has 0 amide bonds. The zero-order valence-corrected chi connectivity index (χ0v) is 16.0. The van der Waals surface area contributed by atoms with Crippen LogP contribution in [-0.4, -0.2) is 11.7 Å². The third kappa shape index (κ3) is 5.43. The first-order chi connectivity index (χ1) is 12.7. The smallest absolute Gasteiger partial charge is 0.134 e. The molecule has 0 saturated carbocycles. The Kier molecular flexibility index (Phi) is 6.83. The first kappa shape index (κ1) is 18.6. The summed E-state index contributed by atoms with van der Waals surface area (Å²) in [6.07, 6.45) is -0.506. The molecule has 0 fully saturated rings. The molecule has 0 aliphatic heterocycles. The molecule has 0 aliphatic carbocycles. The number of aliphatic hydroxyl groups is 1. The van der Waals surface area contributed by atoms with E-state index in [1.807, 2.05) is 78.9 Å². The van der Waals surface area contributed by atoms with Crippen molar-refractivity contribution >= 4 is 15.9 Å². The number of hydrogen-bond acceptors (Lipinski definition) is 3. The molecule has 2 N–H and O–H groups in total. The molecule has 134 valence electrons. The van der Waals surface area contributed by atoms with Crippen molar-refractivity contribution in [1.82, 2.24) is 5.32 Å². The molecule has 1 atom stereocenters. The summed E-state index contributed by atoms with van der Waals surface area (Å²) in [4.78, 5) is 0. The Hall–Kier alpha value is -2.14. The van der Waals surface area contributed by atoms with Crippen molar-refractivity contribution in [2.45, 2.75) is 19.3 Å². The van der Waals surface area contributed by atoms with Crippen LogP contribution in [0.1, 0.15) is 22.8 Å². The van der Waals surface area contributed by atoms with Gasteiger partial charge in [0.1, 0.15) is 12.4 Å². The fourth-order valence-electron chi connectivity index (χ4n) is 2.65. The molecule has 26 heavy (non-hydrogen) atoms. The van der Waals surface area contributed by atoms with Crippen LogP contribution in [0.3, 0.4) is 0 Å². The molecule has 3 aromatic rings. The quantitative estimate of drug-likeness (QED) is 0.556. The zero-order chi connectivity index (χ0) is 18.2. The number of nitrogens with one attached hydrogen (secondary N) is 1. The second-order valence-corrected chi connectivity index (χ2v) is 6.95. The average Bonchev–Trinajstić information content (AvgIpc) is 2.69. The fourth-order valence-corrected chi connectivity index (χ4v) is 3.19. The molecule has 0 heterocycles. The van der Waals surface area contributed by atoms with Crippen LogP contribution in [0.2, 0.25) is 0 Å². The first-order valence-electron chi connectivity index (χ1n) is 8.61. The van der Waals surface area contributed by atoms with Gasteiger partial charge in [0.2, 0.25) is 0 Å². The lowest BCUT2D eigenvalue weighted by Crippen LogP contribution is -2.21. The number of hydrogen-bond donors (Lipinski definition) is 2. The van der Waals surface area contributed by atoms with Crippen LogP contribution >= 0.6 is 15.9 Å². The van der Waals surface area contributed by atoms with Crippen molar-refractivity contribution in [3.8, 4) is 5.75 Å². The number of halogens is 1. The first-order valence-corrected chi connectivity index (χ1v) is 9.40. The van der Waals surface area contributed by atoms with E-state index >= 15 is 0 Å². The van der Waals surface area contributed by atoms with E-state index in [1.165, 1.54) is 0 Å². The molecule has 0 bridgehead atoms. The summed E-state index contributed by atoms with van der Waals surface area (Å²) in [6.45, 7) is 1.73. The van der Waals surface area contributed by atoms with Gasteiger partial charge in [0.15, 0.2) is 0 Å². The van der Waals surface area contributed by atoms with Crippen LogP contribution in [0.4, 0.5) is 0 Å². The Bertz CT molecular complexity index is 809. The van der Waals surface area contributed by atoms with Crippen molar-refractivity contribution in [1.29, 1.82) is 0 Å². The Balaban J connectivity index is 1.49. The Morgan fingerprint density at radius 3 is 2.27 bits per heavy atom. The average molecular weight is 412 g/mol. The predicted molar refractivity (Wildman–Crippen MR) is 108 cm³/mol. The second-order valence-electron chi connectivity index (χ2n) is 6.10.